The third-order valence-corrected chi connectivity index (χ3v) is 3.29. The number of hydrogen-bond donors (Lipinski definition) is 2. The molecule has 0 bridgehead atoms. The standard InChI is InChI=1S/C10H12FN3OS/c1-5(2)14-8-4-7(13-12)6(11)3-9(8)16-10(14)15/h3-5,13H,12H2,1-2H3. The van der Waals surface area contributed by atoms with Crippen LogP contribution in [-0.4, -0.2) is 4.57 Å². The fraction of sp³-hybridized carbons (Fsp3) is 0.300. The number of fused-ring (bicyclic) bond motifs is 1. The molecule has 0 radical (unpaired) electrons. The van der Waals surface area contributed by atoms with Gasteiger partial charge in [-0.15, -0.1) is 0 Å². The van der Waals surface area contributed by atoms with E-state index in [1.54, 1.807) is 10.6 Å². The highest BCUT2D eigenvalue weighted by atomic mass is 32.1. The van der Waals surface area contributed by atoms with Crippen molar-refractivity contribution >= 4 is 27.2 Å². The monoisotopic (exact) mass is 241 g/mol. The molecule has 1 aromatic heterocycles. The molecule has 0 saturated heterocycles. The third kappa shape index (κ3) is 1.60. The molecule has 0 atom stereocenters. The summed E-state index contributed by atoms with van der Waals surface area (Å²) in [4.78, 5) is 11.6. The molecule has 0 unspecified atom stereocenters. The van der Waals surface area contributed by atoms with Crippen molar-refractivity contribution in [2.45, 2.75) is 19.9 Å². The number of halogens is 1. The van der Waals surface area contributed by atoms with Crippen LogP contribution in [-0.2, 0) is 0 Å². The zero-order valence-corrected chi connectivity index (χ0v) is 9.77. The summed E-state index contributed by atoms with van der Waals surface area (Å²) < 4.78 is 15.7. The van der Waals surface area contributed by atoms with E-state index in [1.165, 1.54) is 6.07 Å². The maximum Gasteiger partial charge on any atom is 0.308 e. The van der Waals surface area contributed by atoms with E-state index in [9.17, 15) is 9.18 Å². The van der Waals surface area contributed by atoms with Gasteiger partial charge >= 0.3 is 4.87 Å². The lowest BCUT2D eigenvalue weighted by Crippen LogP contribution is -2.15. The Bertz CT molecular complexity index is 587. The molecule has 0 fully saturated rings. The van der Waals surface area contributed by atoms with Gasteiger partial charge in [-0.1, -0.05) is 11.3 Å². The van der Waals surface area contributed by atoms with E-state index in [0.29, 0.717) is 10.2 Å². The van der Waals surface area contributed by atoms with E-state index in [0.717, 1.165) is 11.3 Å². The average Bonchev–Trinajstić information content (AvgIpc) is 2.51. The zero-order valence-electron chi connectivity index (χ0n) is 8.95. The van der Waals surface area contributed by atoms with Crippen molar-refractivity contribution in [2.24, 2.45) is 5.84 Å². The van der Waals surface area contributed by atoms with E-state index >= 15 is 0 Å². The third-order valence-electron chi connectivity index (χ3n) is 2.37. The second-order valence-corrected chi connectivity index (χ2v) is 4.77. The maximum absolute atomic E-state index is 13.4. The molecule has 2 rings (SSSR count). The maximum atomic E-state index is 13.4. The van der Waals surface area contributed by atoms with Crippen LogP contribution in [0.15, 0.2) is 16.9 Å². The summed E-state index contributed by atoms with van der Waals surface area (Å²) in [5, 5.41) is 0. The summed E-state index contributed by atoms with van der Waals surface area (Å²) in [5.74, 6) is 4.75. The van der Waals surface area contributed by atoms with Crippen LogP contribution in [0.25, 0.3) is 10.2 Å². The van der Waals surface area contributed by atoms with Gasteiger partial charge in [0.1, 0.15) is 5.82 Å². The van der Waals surface area contributed by atoms with Gasteiger partial charge in [-0.2, -0.15) is 0 Å². The Morgan fingerprint density at radius 1 is 1.50 bits per heavy atom. The molecule has 6 heteroatoms. The van der Waals surface area contributed by atoms with E-state index < -0.39 is 5.82 Å². The highest BCUT2D eigenvalue weighted by Gasteiger charge is 2.13. The molecule has 0 saturated carbocycles. The van der Waals surface area contributed by atoms with Crippen LogP contribution in [0.5, 0.6) is 0 Å². The number of nitrogens with two attached hydrogens (primary N) is 1. The summed E-state index contributed by atoms with van der Waals surface area (Å²) >= 11 is 1.04. The molecule has 86 valence electrons. The average molecular weight is 241 g/mol. The second-order valence-electron chi connectivity index (χ2n) is 3.78. The molecule has 0 spiro atoms. The number of aromatic nitrogens is 1. The quantitative estimate of drug-likeness (QED) is 0.625. The number of hydrogen-bond acceptors (Lipinski definition) is 4. The first-order chi connectivity index (χ1) is 7.54. The van der Waals surface area contributed by atoms with Crippen LogP contribution < -0.4 is 16.1 Å². The van der Waals surface area contributed by atoms with Crippen LogP contribution in [0.4, 0.5) is 10.1 Å². The first-order valence-corrected chi connectivity index (χ1v) is 5.67. The minimum atomic E-state index is -0.452. The number of thiazole rings is 1. The molecule has 1 aromatic carbocycles. The molecule has 3 N–H and O–H groups in total. The highest BCUT2D eigenvalue weighted by molar-refractivity contribution is 7.16. The van der Waals surface area contributed by atoms with Crippen molar-refractivity contribution in [3.8, 4) is 0 Å². The SMILES string of the molecule is CC(C)n1c(=O)sc2cc(F)c(NN)cc21. The van der Waals surface area contributed by atoms with Crippen molar-refractivity contribution in [1.29, 1.82) is 0 Å². The second kappa shape index (κ2) is 3.88. The van der Waals surface area contributed by atoms with Crippen LogP contribution in [0.2, 0.25) is 0 Å². The normalized spacial score (nSPS) is 11.3. The number of rotatable bonds is 2. The van der Waals surface area contributed by atoms with Crippen LogP contribution in [0.3, 0.4) is 0 Å². The summed E-state index contributed by atoms with van der Waals surface area (Å²) in [7, 11) is 0. The summed E-state index contributed by atoms with van der Waals surface area (Å²) in [5.41, 5.74) is 3.18. The van der Waals surface area contributed by atoms with E-state index in [-0.39, 0.29) is 16.6 Å². The topological polar surface area (TPSA) is 60.0 Å². The first-order valence-electron chi connectivity index (χ1n) is 4.85. The van der Waals surface area contributed by atoms with Gasteiger partial charge in [0.15, 0.2) is 0 Å². The Morgan fingerprint density at radius 2 is 2.19 bits per heavy atom. The number of nitrogens with one attached hydrogen (secondary N) is 1. The molecule has 16 heavy (non-hydrogen) atoms. The summed E-state index contributed by atoms with van der Waals surface area (Å²) in [6, 6.07) is 2.93. The Balaban J connectivity index is 2.82. The van der Waals surface area contributed by atoms with Crippen molar-refractivity contribution in [2.75, 3.05) is 5.43 Å². The van der Waals surface area contributed by atoms with Gasteiger partial charge in [0, 0.05) is 6.04 Å². The lowest BCUT2D eigenvalue weighted by molar-refractivity contribution is 0.609. The number of nitrogens with zero attached hydrogens (tertiary/aromatic N) is 1. The highest BCUT2D eigenvalue weighted by Crippen LogP contribution is 2.26. The minimum Gasteiger partial charge on any atom is -0.321 e. The largest absolute Gasteiger partial charge is 0.321 e. The van der Waals surface area contributed by atoms with Crippen molar-refractivity contribution in [3.05, 3.63) is 27.6 Å². The van der Waals surface area contributed by atoms with Crippen molar-refractivity contribution in [1.82, 2.24) is 4.57 Å². The number of hydrazine groups is 1. The number of benzene rings is 1. The molecule has 1 heterocycles. The molecular weight excluding hydrogens is 229 g/mol. The van der Waals surface area contributed by atoms with Crippen LogP contribution in [0.1, 0.15) is 19.9 Å². The lowest BCUT2D eigenvalue weighted by atomic mass is 10.2. The van der Waals surface area contributed by atoms with Gasteiger partial charge < -0.3 is 5.43 Å². The van der Waals surface area contributed by atoms with Crippen LogP contribution >= 0.6 is 11.3 Å². The van der Waals surface area contributed by atoms with Crippen molar-refractivity contribution in [3.63, 3.8) is 0 Å². The number of nitrogen functional groups attached to an aromatic ring is 1. The van der Waals surface area contributed by atoms with Gasteiger partial charge in [-0.25, -0.2) is 4.39 Å². The predicted octanol–water partition coefficient (Wildman–Crippen LogP) is 2.07. The molecule has 2 aromatic rings. The summed E-state index contributed by atoms with van der Waals surface area (Å²) in [6.45, 7) is 3.82. The van der Waals surface area contributed by atoms with E-state index in [1.807, 2.05) is 13.8 Å². The molecule has 4 nitrogen and oxygen atoms in total. The fourth-order valence-corrected chi connectivity index (χ4v) is 2.67. The Hall–Kier alpha value is -1.40. The zero-order chi connectivity index (χ0) is 11.9. The van der Waals surface area contributed by atoms with Gasteiger partial charge in [-0.05, 0) is 26.0 Å². The van der Waals surface area contributed by atoms with Gasteiger partial charge in [0.2, 0.25) is 0 Å². The Morgan fingerprint density at radius 3 is 2.75 bits per heavy atom. The van der Waals surface area contributed by atoms with Gasteiger partial charge in [-0.3, -0.25) is 15.2 Å². The molecule has 0 aliphatic carbocycles. The van der Waals surface area contributed by atoms with Gasteiger partial charge in [0.25, 0.3) is 0 Å². The Labute approximate surface area is 95.5 Å². The van der Waals surface area contributed by atoms with E-state index in [2.05, 4.69) is 5.43 Å². The fourth-order valence-electron chi connectivity index (χ4n) is 1.65. The predicted molar refractivity (Wildman–Crippen MR) is 64.2 cm³/mol. The van der Waals surface area contributed by atoms with Crippen LogP contribution in [0, 0.1) is 5.82 Å². The molecule has 0 aliphatic rings. The smallest absolute Gasteiger partial charge is 0.308 e. The summed E-state index contributed by atoms with van der Waals surface area (Å²) in [6.07, 6.45) is 0. The first kappa shape index (κ1) is 11.1. The molecule has 0 aliphatic heterocycles. The molecular formula is C10H12FN3OS. The lowest BCUT2D eigenvalue weighted by Gasteiger charge is -2.08. The van der Waals surface area contributed by atoms with Gasteiger partial charge in [0.05, 0.1) is 15.9 Å². The molecule has 0 amide bonds. The Kier molecular flexibility index (Phi) is 2.69. The van der Waals surface area contributed by atoms with Crippen molar-refractivity contribution < 1.29 is 4.39 Å². The number of anilines is 1. The minimum absolute atomic E-state index is 0.0392. The van der Waals surface area contributed by atoms with E-state index in [4.69, 9.17) is 5.84 Å².